The third kappa shape index (κ3) is 4.67. The van der Waals surface area contributed by atoms with Gasteiger partial charge in [-0.05, 0) is 48.0 Å². The van der Waals surface area contributed by atoms with Crippen molar-refractivity contribution in [2.24, 2.45) is 0 Å². The fourth-order valence-electron chi connectivity index (χ4n) is 3.06. The number of ether oxygens (including phenoxy) is 1. The summed E-state index contributed by atoms with van der Waals surface area (Å²) in [6, 6.07) is 22.2. The fraction of sp³-hybridized carbons (Fsp3) is 0.125. The maximum Gasteiger partial charge on any atom is 0.344 e. The Kier molecular flexibility index (Phi) is 5.77. The molecule has 3 aromatic carbocycles. The molecule has 0 amide bonds. The number of rotatable bonds is 7. The largest absolute Gasteiger partial charge is 0.491 e. The van der Waals surface area contributed by atoms with Crippen molar-refractivity contribution in [3.05, 3.63) is 95.1 Å². The van der Waals surface area contributed by atoms with Gasteiger partial charge in [-0.15, -0.1) is 0 Å². The second-order valence-corrected chi connectivity index (χ2v) is 6.87. The Morgan fingerprint density at radius 3 is 2.53 bits per heavy atom. The molecule has 6 heteroatoms. The van der Waals surface area contributed by atoms with Gasteiger partial charge in [0.15, 0.2) is 0 Å². The zero-order chi connectivity index (χ0) is 20.9. The van der Waals surface area contributed by atoms with E-state index in [4.69, 9.17) is 9.15 Å². The molecule has 0 fully saturated rings. The van der Waals surface area contributed by atoms with E-state index in [9.17, 15) is 14.3 Å². The predicted octanol–water partition coefficient (Wildman–Crippen LogP) is 4.45. The van der Waals surface area contributed by atoms with Gasteiger partial charge >= 0.3 is 5.63 Å². The summed E-state index contributed by atoms with van der Waals surface area (Å²) in [7, 11) is 0. The summed E-state index contributed by atoms with van der Waals surface area (Å²) >= 11 is 0. The van der Waals surface area contributed by atoms with Crippen molar-refractivity contribution in [2.75, 3.05) is 18.5 Å². The first-order valence-electron chi connectivity index (χ1n) is 9.52. The zero-order valence-electron chi connectivity index (χ0n) is 16.0. The summed E-state index contributed by atoms with van der Waals surface area (Å²) in [5.74, 6) is 0.169. The lowest BCUT2D eigenvalue weighted by Crippen LogP contribution is -2.26. The van der Waals surface area contributed by atoms with Crippen LogP contribution in [0.4, 0.5) is 10.1 Å². The van der Waals surface area contributed by atoms with Crippen molar-refractivity contribution < 1.29 is 18.7 Å². The Hall–Kier alpha value is -3.64. The van der Waals surface area contributed by atoms with Crippen LogP contribution in [-0.2, 0) is 0 Å². The molecule has 152 valence electrons. The van der Waals surface area contributed by atoms with E-state index in [1.807, 2.05) is 36.4 Å². The zero-order valence-corrected chi connectivity index (χ0v) is 16.0. The van der Waals surface area contributed by atoms with Crippen LogP contribution in [0.3, 0.4) is 0 Å². The Morgan fingerprint density at radius 1 is 1.00 bits per heavy atom. The Morgan fingerprint density at radius 2 is 1.77 bits per heavy atom. The molecule has 1 atom stereocenters. The first kappa shape index (κ1) is 19.7. The lowest BCUT2D eigenvalue weighted by Gasteiger charge is -2.14. The molecule has 30 heavy (non-hydrogen) atoms. The van der Waals surface area contributed by atoms with Crippen molar-refractivity contribution in [3.63, 3.8) is 0 Å². The maximum absolute atomic E-state index is 12.9. The molecule has 4 rings (SSSR count). The van der Waals surface area contributed by atoms with Crippen LogP contribution >= 0.6 is 0 Å². The summed E-state index contributed by atoms with van der Waals surface area (Å²) in [6.07, 6.45) is -0.779. The van der Waals surface area contributed by atoms with E-state index < -0.39 is 11.7 Å². The fourth-order valence-corrected chi connectivity index (χ4v) is 3.06. The Bertz CT molecular complexity index is 1190. The normalized spacial score (nSPS) is 11.9. The molecule has 0 aliphatic rings. The van der Waals surface area contributed by atoms with Crippen LogP contribution in [0.2, 0.25) is 0 Å². The summed E-state index contributed by atoms with van der Waals surface area (Å²) in [6.45, 7) is 0.292. The summed E-state index contributed by atoms with van der Waals surface area (Å²) in [5.41, 5.74) is 1.99. The number of aliphatic hydroxyl groups is 1. The Labute approximate surface area is 172 Å². The molecular weight excluding hydrogens is 385 g/mol. The first-order valence-corrected chi connectivity index (χ1v) is 9.52. The predicted molar refractivity (Wildman–Crippen MR) is 114 cm³/mol. The number of hydrogen-bond acceptors (Lipinski definition) is 5. The molecule has 0 saturated carbocycles. The van der Waals surface area contributed by atoms with Gasteiger partial charge in [0.25, 0.3) is 0 Å². The minimum absolute atomic E-state index is 0.0477. The van der Waals surface area contributed by atoms with Crippen LogP contribution in [-0.4, -0.2) is 24.4 Å². The van der Waals surface area contributed by atoms with E-state index in [0.717, 1.165) is 10.9 Å². The van der Waals surface area contributed by atoms with Crippen molar-refractivity contribution in [1.82, 2.24) is 0 Å². The number of aliphatic hydroxyl groups excluding tert-OH is 1. The van der Waals surface area contributed by atoms with E-state index >= 15 is 0 Å². The van der Waals surface area contributed by atoms with Crippen molar-refractivity contribution in [1.29, 1.82) is 0 Å². The van der Waals surface area contributed by atoms with Crippen LogP contribution in [0.1, 0.15) is 0 Å². The van der Waals surface area contributed by atoms with Crippen LogP contribution in [0.5, 0.6) is 5.75 Å². The summed E-state index contributed by atoms with van der Waals surface area (Å²) < 4.78 is 24.0. The number of halogens is 1. The summed E-state index contributed by atoms with van der Waals surface area (Å²) in [4.78, 5) is 12.4. The highest BCUT2D eigenvalue weighted by Gasteiger charge is 2.10. The minimum atomic E-state index is -0.779. The van der Waals surface area contributed by atoms with Gasteiger partial charge in [0.1, 0.15) is 29.9 Å². The highest BCUT2D eigenvalue weighted by atomic mass is 19.1. The molecule has 1 unspecified atom stereocenters. The quantitative estimate of drug-likeness (QED) is 0.445. The van der Waals surface area contributed by atoms with Crippen LogP contribution in [0.25, 0.3) is 22.1 Å². The maximum atomic E-state index is 12.9. The van der Waals surface area contributed by atoms with Gasteiger partial charge in [0, 0.05) is 23.7 Å². The smallest absolute Gasteiger partial charge is 0.344 e. The molecular formula is C24H20FNO4. The second-order valence-electron chi connectivity index (χ2n) is 6.87. The average Bonchev–Trinajstić information content (AvgIpc) is 2.77. The van der Waals surface area contributed by atoms with Crippen LogP contribution in [0, 0.1) is 5.82 Å². The SMILES string of the molecule is O=c1oc2cc(OCC(O)CNc3ccc(F)cc3)ccc2cc1-c1ccccc1. The highest BCUT2D eigenvalue weighted by molar-refractivity contribution is 5.82. The molecule has 0 radical (unpaired) electrons. The molecule has 4 aromatic rings. The van der Waals surface area contributed by atoms with E-state index in [2.05, 4.69) is 5.32 Å². The molecule has 1 aromatic heterocycles. The third-order valence-electron chi connectivity index (χ3n) is 4.62. The van der Waals surface area contributed by atoms with Gasteiger partial charge in [-0.1, -0.05) is 30.3 Å². The number of anilines is 1. The number of fused-ring (bicyclic) bond motifs is 1. The molecule has 5 nitrogen and oxygen atoms in total. The van der Waals surface area contributed by atoms with Gasteiger partial charge in [-0.25, -0.2) is 9.18 Å². The van der Waals surface area contributed by atoms with Crippen molar-refractivity contribution in [3.8, 4) is 16.9 Å². The van der Waals surface area contributed by atoms with E-state index in [0.29, 0.717) is 22.6 Å². The molecule has 0 saturated heterocycles. The first-order chi connectivity index (χ1) is 14.6. The Balaban J connectivity index is 1.41. The van der Waals surface area contributed by atoms with Gasteiger partial charge in [0.2, 0.25) is 0 Å². The lowest BCUT2D eigenvalue weighted by atomic mass is 10.1. The second kappa shape index (κ2) is 8.80. The van der Waals surface area contributed by atoms with Crippen molar-refractivity contribution in [2.45, 2.75) is 6.10 Å². The highest BCUT2D eigenvalue weighted by Crippen LogP contribution is 2.24. The van der Waals surface area contributed by atoms with E-state index in [1.54, 1.807) is 30.3 Å². The van der Waals surface area contributed by atoms with Gasteiger partial charge in [0.05, 0.1) is 5.56 Å². The molecule has 2 N–H and O–H groups in total. The number of benzene rings is 3. The number of nitrogens with one attached hydrogen (secondary N) is 1. The van der Waals surface area contributed by atoms with E-state index in [1.165, 1.54) is 12.1 Å². The van der Waals surface area contributed by atoms with E-state index in [-0.39, 0.29) is 19.0 Å². The molecule has 0 aliphatic heterocycles. The van der Waals surface area contributed by atoms with Gasteiger partial charge in [-0.3, -0.25) is 0 Å². The van der Waals surface area contributed by atoms with Crippen molar-refractivity contribution >= 4 is 16.7 Å². The topological polar surface area (TPSA) is 71.7 Å². The minimum Gasteiger partial charge on any atom is -0.491 e. The number of hydrogen-bond donors (Lipinski definition) is 2. The van der Waals surface area contributed by atoms with Crippen LogP contribution in [0.15, 0.2) is 88.1 Å². The average molecular weight is 405 g/mol. The molecule has 0 bridgehead atoms. The standard InChI is InChI=1S/C24H20FNO4/c25-18-7-9-19(10-8-18)26-14-20(27)15-29-21-11-6-17-12-22(16-4-2-1-3-5-16)24(28)30-23(17)13-21/h1-13,20,26-27H,14-15H2. The van der Waals surface area contributed by atoms with Crippen LogP contribution < -0.4 is 15.7 Å². The molecule has 1 heterocycles. The van der Waals surface area contributed by atoms with Gasteiger partial charge < -0.3 is 19.6 Å². The summed E-state index contributed by atoms with van der Waals surface area (Å²) in [5, 5.41) is 13.9. The monoisotopic (exact) mass is 405 g/mol. The lowest BCUT2D eigenvalue weighted by molar-refractivity contribution is 0.117. The molecule has 0 aliphatic carbocycles. The van der Waals surface area contributed by atoms with Gasteiger partial charge in [-0.2, -0.15) is 0 Å². The third-order valence-corrected chi connectivity index (χ3v) is 4.62. The molecule has 0 spiro atoms.